The van der Waals surface area contributed by atoms with E-state index in [4.69, 9.17) is 23.2 Å². The van der Waals surface area contributed by atoms with Gasteiger partial charge in [0.15, 0.2) is 0 Å². The van der Waals surface area contributed by atoms with Gasteiger partial charge in [-0.3, -0.25) is 13.9 Å². The smallest absolute Gasteiger partial charge is 0.264 e. The molecule has 4 aromatic rings. The van der Waals surface area contributed by atoms with Gasteiger partial charge in [-0.25, -0.2) is 12.8 Å². The molecule has 0 saturated heterocycles. The molecule has 11 heteroatoms. The monoisotopic (exact) mass is 683 g/mol. The van der Waals surface area contributed by atoms with E-state index in [-0.39, 0.29) is 39.6 Å². The first-order valence-electron chi connectivity index (χ1n) is 14.8. The van der Waals surface area contributed by atoms with Gasteiger partial charge in [0.25, 0.3) is 10.0 Å². The number of nitrogens with one attached hydrogen (secondary N) is 1. The Morgan fingerprint density at radius 2 is 1.48 bits per heavy atom. The molecule has 4 aromatic carbocycles. The Morgan fingerprint density at radius 3 is 2.07 bits per heavy atom. The summed E-state index contributed by atoms with van der Waals surface area (Å²) >= 11 is 13.1. The van der Waals surface area contributed by atoms with Crippen LogP contribution in [0.3, 0.4) is 0 Å². The first-order chi connectivity index (χ1) is 21.9. The maximum atomic E-state index is 14.5. The zero-order chi connectivity index (χ0) is 33.4. The Hall–Kier alpha value is -3.92. The Kier molecular flexibility index (Phi) is 11.8. The van der Waals surface area contributed by atoms with Crippen molar-refractivity contribution in [2.24, 2.45) is 0 Å². The highest BCUT2D eigenvalue weighted by atomic mass is 35.5. The lowest BCUT2D eigenvalue weighted by Crippen LogP contribution is -2.54. The lowest BCUT2D eigenvalue weighted by atomic mass is 10.0. The van der Waals surface area contributed by atoms with Gasteiger partial charge in [0, 0.05) is 34.6 Å². The minimum Gasteiger partial charge on any atom is -0.352 e. The van der Waals surface area contributed by atoms with Crippen LogP contribution in [-0.2, 0) is 32.6 Å². The number of carbonyl (C=O) groups is 2. The van der Waals surface area contributed by atoms with Crippen molar-refractivity contribution in [2.75, 3.05) is 10.8 Å². The average Bonchev–Trinajstić information content (AvgIpc) is 3.03. The van der Waals surface area contributed by atoms with E-state index in [1.54, 1.807) is 30.3 Å². The number of hydrogen-bond donors (Lipinski definition) is 1. The van der Waals surface area contributed by atoms with Crippen LogP contribution in [0.2, 0.25) is 10.0 Å². The summed E-state index contributed by atoms with van der Waals surface area (Å²) in [6.07, 6.45) is 0.791. The van der Waals surface area contributed by atoms with Crippen LogP contribution in [0.25, 0.3) is 0 Å². The van der Waals surface area contributed by atoms with Crippen molar-refractivity contribution in [1.82, 2.24) is 10.2 Å². The Labute approximate surface area is 280 Å². The molecular formula is C35H36Cl2FN3O4S. The van der Waals surface area contributed by atoms with Gasteiger partial charge in [0.2, 0.25) is 11.8 Å². The lowest BCUT2D eigenvalue weighted by molar-refractivity contribution is -0.140. The molecule has 7 nitrogen and oxygen atoms in total. The molecule has 2 unspecified atom stereocenters. The summed E-state index contributed by atoms with van der Waals surface area (Å²) in [6.45, 7) is 4.75. The molecule has 1 N–H and O–H groups in total. The topological polar surface area (TPSA) is 86.8 Å². The maximum absolute atomic E-state index is 14.5. The summed E-state index contributed by atoms with van der Waals surface area (Å²) in [4.78, 5) is 29.7. The molecule has 46 heavy (non-hydrogen) atoms. The van der Waals surface area contributed by atoms with E-state index >= 15 is 0 Å². The minimum atomic E-state index is -4.32. The molecule has 0 heterocycles. The fourth-order valence-corrected chi connectivity index (χ4v) is 6.75. The molecule has 0 aliphatic heterocycles. The second-order valence-electron chi connectivity index (χ2n) is 11.0. The van der Waals surface area contributed by atoms with Crippen molar-refractivity contribution in [3.05, 3.63) is 130 Å². The van der Waals surface area contributed by atoms with Crippen molar-refractivity contribution < 1.29 is 22.4 Å². The fourth-order valence-electron chi connectivity index (χ4n) is 4.82. The summed E-state index contributed by atoms with van der Waals surface area (Å²) in [5, 5.41) is 3.55. The maximum Gasteiger partial charge on any atom is 0.264 e. The molecule has 0 aliphatic carbocycles. The van der Waals surface area contributed by atoms with Crippen molar-refractivity contribution in [3.8, 4) is 0 Å². The quantitative estimate of drug-likeness (QED) is 0.162. The van der Waals surface area contributed by atoms with Crippen LogP contribution in [0.15, 0.2) is 102 Å². The summed E-state index contributed by atoms with van der Waals surface area (Å²) in [5.74, 6) is -1.66. The highest BCUT2D eigenvalue weighted by molar-refractivity contribution is 7.92. The second kappa shape index (κ2) is 15.6. The molecule has 0 spiro atoms. The third-order valence-corrected chi connectivity index (χ3v) is 10.2. The van der Waals surface area contributed by atoms with E-state index in [2.05, 4.69) is 5.32 Å². The zero-order valence-electron chi connectivity index (χ0n) is 25.8. The number of aryl methyl sites for hydroxylation is 1. The van der Waals surface area contributed by atoms with Gasteiger partial charge in [-0.2, -0.15) is 0 Å². The van der Waals surface area contributed by atoms with Crippen molar-refractivity contribution >= 4 is 50.7 Å². The molecule has 2 atom stereocenters. The van der Waals surface area contributed by atoms with E-state index in [1.165, 1.54) is 29.2 Å². The van der Waals surface area contributed by atoms with Crippen LogP contribution in [0.4, 0.5) is 10.1 Å². The normalized spacial score (nSPS) is 12.7. The molecule has 0 aliphatic rings. The summed E-state index contributed by atoms with van der Waals surface area (Å²) in [7, 11) is -4.32. The summed E-state index contributed by atoms with van der Waals surface area (Å²) < 4.78 is 43.0. The van der Waals surface area contributed by atoms with Crippen molar-refractivity contribution in [2.45, 2.75) is 57.1 Å². The highest BCUT2D eigenvalue weighted by Crippen LogP contribution is 2.29. The van der Waals surface area contributed by atoms with Gasteiger partial charge < -0.3 is 10.2 Å². The van der Waals surface area contributed by atoms with E-state index in [1.807, 2.05) is 51.1 Å². The predicted octanol–water partition coefficient (Wildman–Crippen LogP) is 7.19. The molecule has 4 rings (SSSR count). The Morgan fingerprint density at radius 1 is 0.870 bits per heavy atom. The van der Waals surface area contributed by atoms with Gasteiger partial charge in [-0.1, -0.05) is 84.2 Å². The second-order valence-corrected chi connectivity index (χ2v) is 13.7. The van der Waals surface area contributed by atoms with Crippen LogP contribution >= 0.6 is 23.2 Å². The number of hydrogen-bond acceptors (Lipinski definition) is 4. The molecule has 0 fully saturated rings. The molecular weight excluding hydrogens is 648 g/mol. The van der Waals surface area contributed by atoms with Gasteiger partial charge in [-0.15, -0.1) is 0 Å². The number of halogens is 3. The third-order valence-electron chi connectivity index (χ3n) is 7.66. The van der Waals surface area contributed by atoms with Crippen LogP contribution in [0, 0.1) is 12.7 Å². The molecule has 0 saturated carbocycles. The Balaban J connectivity index is 1.84. The van der Waals surface area contributed by atoms with Crippen LogP contribution < -0.4 is 9.62 Å². The molecule has 0 radical (unpaired) electrons. The first kappa shape index (κ1) is 34.9. The SMILES string of the molecule is CCC(C)NC(=O)C(Cc1ccccc1)N(Cc1c(Cl)cccc1Cl)C(=O)CN(c1ccc(F)cc1)S(=O)(=O)c1ccc(C)cc1. The zero-order valence-corrected chi connectivity index (χ0v) is 28.1. The first-order valence-corrected chi connectivity index (χ1v) is 17.0. The molecule has 0 bridgehead atoms. The summed E-state index contributed by atoms with van der Waals surface area (Å²) in [6, 6.07) is 23.9. The van der Waals surface area contributed by atoms with Gasteiger partial charge in [0.05, 0.1) is 10.6 Å². The van der Waals surface area contributed by atoms with Crippen molar-refractivity contribution in [1.29, 1.82) is 0 Å². The van der Waals surface area contributed by atoms with E-state index in [0.717, 1.165) is 27.6 Å². The van der Waals surface area contributed by atoms with E-state index in [9.17, 15) is 22.4 Å². The highest BCUT2D eigenvalue weighted by Gasteiger charge is 2.35. The number of anilines is 1. The van der Waals surface area contributed by atoms with Gasteiger partial charge in [-0.05, 0) is 74.4 Å². The number of sulfonamides is 1. The number of nitrogens with zero attached hydrogens (tertiary/aromatic N) is 2. The van der Waals surface area contributed by atoms with Gasteiger partial charge in [0.1, 0.15) is 18.4 Å². The van der Waals surface area contributed by atoms with Crippen LogP contribution in [0.5, 0.6) is 0 Å². The predicted molar refractivity (Wildman–Crippen MR) is 181 cm³/mol. The number of benzene rings is 4. The number of rotatable bonds is 13. The van der Waals surface area contributed by atoms with Crippen LogP contribution in [0.1, 0.15) is 37.0 Å². The van der Waals surface area contributed by atoms with Crippen LogP contribution in [-0.4, -0.2) is 43.8 Å². The number of amides is 2. The number of carbonyl (C=O) groups excluding carboxylic acids is 2. The lowest BCUT2D eigenvalue weighted by Gasteiger charge is -2.34. The van der Waals surface area contributed by atoms with E-state index < -0.39 is 40.2 Å². The fraction of sp³-hybridized carbons (Fsp3) is 0.257. The standard InChI is InChI=1S/C35H36Cl2FN3O4S/c1-4-25(3)39-35(43)33(21-26-9-6-5-7-10-26)40(22-30-31(36)11-8-12-32(30)37)34(42)23-41(28-17-15-27(38)16-18-28)46(44,45)29-19-13-24(2)14-20-29/h5-20,25,33H,4,21-23H2,1-3H3,(H,39,43). The Bertz CT molecular complexity index is 1740. The minimum absolute atomic E-state index is 0.0497. The summed E-state index contributed by atoms with van der Waals surface area (Å²) in [5.41, 5.74) is 2.12. The average molecular weight is 685 g/mol. The largest absolute Gasteiger partial charge is 0.352 e. The van der Waals surface area contributed by atoms with Gasteiger partial charge >= 0.3 is 0 Å². The van der Waals surface area contributed by atoms with E-state index in [0.29, 0.717) is 12.0 Å². The third kappa shape index (κ3) is 8.66. The van der Waals surface area contributed by atoms with Crippen molar-refractivity contribution in [3.63, 3.8) is 0 Å². The molecule has 0 aromatic heterocycles. The molecule has 242 valence electrons. The molecule has 2 amide bonds.